The van der Waals surface area contributed by atoms with E-state index in [9.17, 15) is 24.5 Å². The van der Waals surface area contributed by atoms with Crippen LogP contribution in [0.2, 0.25) is 0 Å². The lowest BCUT2D eigenvalue weighted by atomic mass is 10.1. The number of fused-ring (bicyclic) bond motifs is 2. The quantitative estimate of drug-likeness (QED) is 0.124. The van der Waals surface area contributed by atoms with Gasteiger partial charge in [-0.1, -0.05) is 5.21 Å². The first-order chi connectivity index (χ1) is 19.5. The molecule has 2 fully saturated rings. The van der Waals surface area contributed by atoms with E-state index < -0.39 is 75.1 Å². The fourth-order valence-corrected chi connectivity index (χ4v) is 6.43. The van der Waals surface area contributed by atoms with Crippen LogP contribution in [0.5, 0.6) is 0 Å². The van der Waals surface area contributed by atoms with E-state index in [1.807, 2.05) is 0 Å². The number of anilines is 2. The number of H-pyrrole nitrogens is 1. The number of aromatic nitrogens is 9. The number of nitrogens with one attached hydrogen (secondary N) is 1. The molecule has 6 heterocycles. The highest BCUT2D eigenvalue weighted by atomic mass is 31.2. The first-order valence-electron chi connectivity index (χ1n) is 11.9. The number of imidazole rings is 1. The third-order valence-corrected chi connectivity index (χ3v) is 8.63. The third kappa shape index (κ3) is 4.41. The molecule has 22 heteroatoms. The molecule has 41 heavy (non-hydrogen) atoms. The number of nitrogens with two attached hydrogens (primary N) is 2. The van der Waals surface area contributed by atoms with Crippen molar-refractivity contribution < 1.29 is 42.4 Å². The smallest absolute Gasteiger partial charge is 0.338 e. The Bertz CT molecular complexity index is 1720. The maximum absolute atomic E-state index is 15.4. The summed E-state index contributed by atoms with van der Waals surface area (Å²) in [6.45, 7) is -1.74. The van der Waals surface area contributed by atoms with Crippen molar-refractivity contribution in [1.29, 1.82) is 0 Å². The number of aliphatic hydroxyl groups is 2. The lowest BCUT2D eigenvalue weighted by Gasteiger charge is -2.26. The summed E-state index contributed by atoms with van der Waals surface area (Å²) in [6, 6.07) is 0. The number of ether oxygens (including phenoxy) is 2. The molecule has 8 N–H and O–H groups in total. The fourth-order valence-electron chi connectivity index (χ4n) is 4.81. The molecule has 2 saturated heterocycles. The largest absolute Gasteiger partial charge is 0.394 e. The van der Waals surface area contributed by atoms with Gasteiger partial charge in [-0.25, -0.2) is 23.7 Å². The minimum Gasteiger partial charge on any atom is -0.394 e. The molecule has 0 aromatic carbocycles. The molecule has 0 bridgehead atoms. The maximum Gasteiger partial charge on any atom is 0.338 e. The van der Waals surface area contributed by atoms with Crippen molar-refractivity contribution in [3.05, 3.63) is 23.0 Å². The predicted molar refractivity (Wildman–Crippen MR) is 130 cm³/mol. The summed E-state index contributed by atoms with van der Waals surface area (Å²) in [5, 5.41) is 27.6. The summed E-state index contributed by atoms with van der Waals surface area (Å²) in [5.41, 5.74) is 8.27. The molecule has 19 nitrogen and oxygen atoms in total. The van der Waals surface area contributed by atoms with E-state index in [1.165, 1.54) is 0 Å². The van der Waals surface area contributed by atoms with Crippen LogP contribution < -0.4 is 17.0 Å². The van der Waals surface area contributed by atoms with Gasteiger partial charge in [0.05, 0.1) is 19.5 Å². The molecule has 0 saturated carbocycles. The summed E-state index contributed by atoms with van der Waals surface area (Å²) in [4.78, 5) is 40.8. The first-order valence-corrected chi connectivity index (χ1v) is 13.5. The minimum atomic E-state index is -5.06. The van der Waals surface area contributed by atoms with Crippen LogP contribution in [0, 0.1) is 0 Å². The van der Waals surface area contributed by atoms with E-state index in [0.29, 0.717) is 0 Å². The van der Waals surface area contributed by atoms with E-state index in [0.717, 1.165) is 21.9 Å². The Balaban J connectivity index is 1.25. The molecule has 1 unspecified atom stereocenters. The van der Waals surface area contributed by atoms with Crippen LogP contribution in [-0.4, -0.2) is 109 Å². The van der Waals surface area contributed by atoms with Gasteiger partial charge < -0.3 is 40.6 Å². The topological polar surface area (TPSA) is 278 Å². The van der Waals surface area contributed by atoms with E-state index in [1.54, 1.807) is 0 Å². The zero-order valence-electron chi connectivity index (χ0n) is 20.5. The van der Waals surface area contributed by atoms with Gasteiger partial charge in [0.25, 0.3) is 5.56 Å². The Morgan fingerprint density at radius 2 is 1.85 bits per heavy atom. The fraction of sp³-hybridized carbons (Fsp3) is 0.526. The number of hydrogen-bond donors (Lipinski definition) is 6. The van der Waals surface area contributed by atoms with Crippen molar-refractivity contribution in [3.63, 3.8) is 0 Å². The van der Waals surface area contributed by atoms with Gasteiger partial charge in [0.15, 0.2) is 46.8 Å². The molecular formula is C19H22F2N11O8P. The van der Waals surface area contributed by atoms with Crippen LogP contribution in [0.4, 0.5) is 20.5 Å². The highest BCUT2D eigenvalue weighted by Crippen LogP contribution is 2.58. The van der Waals surface area contributed by atoms with Gasteiger partial charge in [-0.3, -0.25) is 18.9 Å². The summed E-state index contributed by atoms with van der Waals surface area (Å²) in [7, 11) is -5.06. The Labute approximate surface area is 225 Å². The van der Waals surface area contributed by atoms with E-state index in [2.05, 4.69) is 35.2 Å². The zero-order chi connectivity index (χ0) is 29.2. The highest BCUT2D eigenvalue weighted by molar-refractivity contribution is 7.53. The summed E-state index contributed by atoms with van der Waals surface area (Å²) >= 11 is 0. The van der Waals surface area contributed by atoms with Crippen LogP contribution in [-0.2, 0) is 18.6 Å². The normalized spacial score (nSPS) is 31.7. The van der Waals surface area contributed by atoms with E-state index in [4.69, 9.17) is 25.5 Å². The molecular weight excluding hydrogens is 579 g/mol. The van der Waals surface area contributed by atoms with E-state index >= 15 is 8.78 Å². The number of aliphatic hydroxyl groups excluding tert-OH is 2. The molecule has 2 aliphatic rings. The second-order valence-electron chi connectivity index (χ2n) is 9.28. The first kappa shape index (κ1) is 27.4. The van der Waals surface area contributed by atoms with Gasteiger partial charge in [-0.2, -0.15) is 9.67 Å². The molecule has 0 radical (unpaired) electrons. The van der Waals surface area contributed by atoms with Crippen molar-refractivity contribution in [1.82, 2.24) is 44.5 Å². The number of aromatic amines is 1. The molecule has 0 aliphatic carbocycles. The number of alkyl halides is 2. The average Bonchev–Trinajstić information content (AvgIpc) is 3.68. The van der Waals surface area contributed by atoms with Crippen LogP contribution in [0.25, 0.3) is 22.3 Å². The van der Waals surface area contributed by atoms with Gasteiger partial charge in [0.2, 0.25) is 5.95 Å². The summed E-state index contributed by atoms with van der Waals surface area (Å²) < 4.78 is 62.0. The summed E-state index contributed by atoms with van der Waals surface area (Å²) in [6.07, 6.45) is -10.4. The van der Waals surface area contributed by atoms with Crippen molar-refractivity contribution in [2.24, 2.45) is 0 Å². The highest BCUT2D eigenvalue weighted by Gasteiger charge is 2.57. The molecule has 6 rings (SSSR count). The Kier molecular flexibility index (Phi) is 6.68. The van der Waals surface area contributed by atoms with E-state index in [-0.39, 0.29) is 34.1 Å². The summed E-state index contributed by atoms with van der Waals surface area (Å²) in [5.74, 6) is -0.338. The second kappa shape index (κ2) is 9.98. The van der Waals surface area contributed by atoms with Crippen molar-refractivity contribution in [2.45, 2.75) is 48.8 Å². The second-order valence-corrected chi connectivity index (χ2v) is 11.3. The van der Waals surface area contributed by atoms with Crippen molar-refractivity contribution in [2.75, 3.05) is 24.7 Å². The Hall–Kier alpha value is -3.72. The van der Waals surface area contributed by atoms with Crippen LogP contribution in [0.1, 0.15) is 12.5 Å². The van der Waals surface area contributed by atoms with Gasteiger partial charge >= 0.3 is 7.60 Å². The minimum absolute atomic E-state index is 0.00801. The molecule has 220 valence electrons. The SMILES string of the molecule is Nc1nc2c(ncn2[C@@H]2O[C@H](CO)[C@H](F)[C@H]2P(=O)(O)OC[C@H]2O[C@@H](n3nnc4c(N)ncnc43)[C@@H](F)[C@@H]2O)c(=O)[nH]1. The Morgan fingerprint density at radius 3 is 2.61 bits per heavy atom. The number of nitrogen functional groups attached to an aromatic ring is 2. The van der Waals surface area contributed by atoms with Crippen LogP contribution >= 0.6 is 7.60 Å². The van der Waals surface area contributed by atoms with Crippen LogP contribution in [0.3, 0.4) is 0 Å². The van der Waals surface area contributed by atoms with Crippen molar-refractivity contribution in [3.8, 4) is 0 Å². The number of halogens is 2. The van der Waals surface area contributed by atoms with Gasteiger partial charge in [0, 0.05) is 0 Å². The molecule has 9 atom stereocenters. The number of rotatable bonds is 7. The van der Waals surface area contributed by atoms with Crippen LogP contribution in [0.15, 0.2) is 17.4 Å². The predicted octanol–water partition coefficient (Wildman–Crippen LogP) is -2.09. The monoisotopic (exact) mass is 601 g/mol. The van der Waals surface area contributed by atoms with Gasteiger partial charge in [0.1, 0.15) is 36.5 Å². The number of hydrogen-bond acceptors (Lipinski definition) is 15. The average molecular weight is 601 g/mol. The lowest BCUT2D eigenvalue weighted by molar-refractivity contribution is -0.0493. The van der Waals surface area contributed by atoms with Gasteiger partial charge in [-0.15, -0.1) is 5.10 Å². The molecule has 0 spiro atoms. The van der Waals surface area contributed by atoms with Crippen molar-refractivity contribution >= 4 is 41.7 Å². The van der Waals surface area contributed by atoms with Gasteiger partial charge in [-0.05, 0) is 0 Å². The molecule has 4 aromatic heterocycles. The Morgan fingerprint density at radius 1 is 1.10 bits per heavy atom. The maximum atomic E-state index is 15.4. The third-order valence-electron chi connectivity index (χ3n) is 6.82. The lowest BCUT2D eigenvalue weighted by Crippen LogP contribution is -2.34. The molecule has 2 aliphatic heterocycles. The zero-order valence-corrected chi connectivity index (χ0v) is 21.4. The molecule has 0 amide bonds. The molecule has 4 aromatic rings. The standard InChI is InChI=1S/C19H22F2N11O8P/c20-7-5(1-33)39-18(31-4-26-10-15(31)27-19(23)28-16(10)35)12(7)41(36,37)38-2-6-11(34)8(21)17(40-6)32-14-9(29-30-32)13(22)24-3-25-14/h3-8,11-12,17-18,33-34H,1-2H2,(H,36,37)(H2,22,24,25)(H3,23,27,28,35)/t5-,6-,7+,8+,11-,12-,17-,18-/m1/s1. The number of nitrogens with zero attached hydrogens (tertiary/aromatic N) is 8.